The van der Waals surface area contributed by atoms with Crippen LogP contribution < -0.4 is 0 Å². The van der Waals surface area contributed by atoms with Gasteiger partial charge in [0, 0.05) is 0 Å². The zero-order valence-electron chi connectivity index (χ0n) is 9.43. The molecule has 1 aromatic carbocycles. The van der Waals surface area contributed by atoms with Gasteiger partial charge in [0.25, 0.3) is 0 Å². The van der Waals surface area contributed by atoms with Gasteiger partial charge < -0.3 is 4.74 Å². The Hall–Kier alpha value is -1.21. The van der Waals surface area contributed by atoms with Gasteiger partial charge in [0.15, 0.2) is 4.73 Å². The van der Waals surface area contributed by atoms with Crippen LogP contribution in [0.5, 0.6) is 0 Å². The highest BCUT2D eigenvalue weighted by Crippen LogP contribution is 2.14. The molecule has 0 aliphatic heterocycles. The van der Waals surface area contributed by atoms with Crippen LogP contribution in [0.15, 0.2) is 33.7 Å². The van der Waals surface area contributed by atoms with E-state index in [1.54, 1.807) is 16.8 Å². The lowest BCUT2D eigenvalue weighted by Gasteiger charge is -2.04. The molecule has 2 aromatic rings. The molecule has 5 nitrogen and oxygen atoms in total. The summed E-state index contributed by atoms with van der Waals surface area (Å²) in [5, 5.41) is 4.16. The fraction of sp³-hybridized carbons (Fsp3) is 0.182. The average Bonchev–Trinajstić information content (AvgIpc) is 2.68. The number of hydrogen-bond donors (Lipinski definition) is 0. The summed E-state index contributed by atoms with van der Waals surface area (Å²) in [6.45, 7) is 0.570. The maximum atomic E-state index is 11.3. The van der Waals surface area contributed by atoms with Crippen LogP contribution in [0, 0.1) is 0 Å². The van der Waals surface area contributed by atoms with Gasteiger partial charge in [0.05, 0.1) is 19.2 Å². The van der Waals surface area contributed by atoms with Crippen molar-refractivity contribution in [2.45, 2.75) is 6.54 Å². The van der Waals surface area contributed by atoms with Crippen molar-refractivity contribution < 1.29 is 9.53 Å². The Morgan fingerprint density at radius 1 is 1.33 bits per heavy atom. The lowest BCUT2D eigenvalue weighted by atomic mass is 10.1. The summed E-state index contributed by atoms with van der Waals surface area (Å²) in [4.78, 5) is 15.4. The molecule has 0 atom stereocenters. The number of esters is 1. The van der Waals surface area contributed by atoms with Crippen molar-refractivity contribution in [3.63, 3.8) is 0 Å². The first-order valence-electron chi connectivity index (χ1n) is 5.03. The van der Waals surface area contributed by atoms with E-state index in [1.165, 1.54) is 7.11 Å². The van der Waals surface area contributed by atoms with Crippen LogP contribution in [0.3, 0.4) is 0 Å². The molecule has 0 saturated heterocycles. The van der Waals surface area contributed by atoms with Gasteiger partial charge in [-0.25, -0.2) is 9.48 Å². The second-order valence-electron chi connectivity index (χ2n) is 3.50. The second-order valence-corrected chi connectivity index (χ2v) is 4.91. The lowest BCUT2D eigenvalue weighted by Crippen LogP contribution is -2.04. The molecule has 7 heteroatoms. The highest BCUT2D eigenvalue weighted by atomic mass is 79.9. The van der Waals surface area contributed by atoms with Gasteiger partial charge >= 0.3 is 5.97 Å². The van der Waals surface area contributed by atoms with Crippen LogP contribution in [0.1, 0.15) is 15.9 Å². The third kappa shape index (κ3) is 2.97. The van der Waals surface area contributed by atoms with E-state index < -0.39 is 0 Å². The molecule has 0 N–H and O–H groups in total. The number of hydrogen-bond acceptors (Lipinski definition) is 4. The fourth-order valence-electron chi connectivity index (χ4n) is 1.43. The van der Waals surface area contributed by atoms with E-state index in [0.717, 1.165) is 5.56 Å². The van der Waals surface area contributed by atoms with E-state index in [4.69, 9.17) is 0 Å². The zero-order valence-corrected chi connectivity index (χ0v) is 12.6. The molecule has 0 bridgehead atoms. The van der Waals surface area contributed by atoms with Crippen LogP contribution in [-0.4, -0.2) is 27.8 Å². The molecular formula is C11H9Br2N3O2. The zero-order chi connectivity index (χ0) is 13.1. The Kier molecular flexibility index (Phi) is 4.13. The van der Waals surface area contributed by atoms with Crippen molar-refractivity contribution >= 4 is 37.8 Å². The first kappa shape index (κ1) is 13.2. The van der Waals surface area contributed by atoms with E-state index in [9.17, 15) is 4.79 Å². The molecule has 1 aromatic heterocycles. The minimum atomic E-state index is -0.341. The number of methoxy groups -OCH3 is 1. The molecule has 0 aliphatic carbocycles. The maximum absolute atomic E-state index is 11.3. The van der Waals surface area contributed by atoms with Crippen molar-refractivity contribution in [2.75, 3.05) is 7.11 Å². The Morgan fingerprint density at radius 2 is 2.00 bits per heavy atom. The van der Waals surface area contributed by atoms with Crippen molar-refractivity contribution in [3.8, 4) is 0 Å². The number of rotatable bonds is 3. The molecular weight excluding hydrogens is 366 g/mol. The minimum absolute atomic E-state index is 0.341. The van der Waals surface area contributed by atoms with E-state index in [0.29, 0.717) is 21.6 Å². The van der Waals surface area contributed by atoms with E-state index in [2.05, 4.69) is 46.7 Å². The van der Waals surface area contributed by atoms with Gasteiger partial charge in [-0.2, -0.15) is 4.98 Å². The summed E-state index contributed by atoms with van der Waals surface area (Å²) in [5.41, 5.74) is 1.54. The molecule has 1 heterocycles. The van der Waals surface area contributed by atoms with Crippen molar-refractivity contribution in [1.82, 2.24) is 14.8 Å². The molecule has 0 unspecified atom stereocenters. The SMILES string of the molecule is COC(=O)c1ccc(Cn2nc(Br)nc2Br)cc1. The molecule has 0 radical (unpaired) electrons. The third-order valence-electron chi connectivity index (χ3n) is 2.31. The summed E-state index contributed by atoms with van der Waals surface area (Å²) in [6, 6.07) is 7.16. The quantitative estimate of drug-likeness (QED) is 0.775. The topological polar surface area (TPSA) is 57.0 Å². The minimum Gasteiger partial charge on any atom is -0.465 e. The first-order valence-corrected chi connectivity index (χ1v) is 6.62. The molecule has 0 amide bonds. The highest BCUT2D eigenvalue weighted by Gasteiger charge is 2.07. The largest absolute Gasteiger partial charge is 0.465 e. The van der Waals surface area contributed by atoms with Crippen LogP contribution in [0.4, 0.5) is 0 Å². The number of ether oxygens (including phenoxy) is 1. The van der Waals surface area contributed by atoms with Gasteiger partial charge in [0.2, 0.25) is 4.73 Å². The van der Waals surface area contributed by atoms with E-state index in [-0.39, 0.29) is 5.97 Å². The maximum Gasteiger partial charge on any atom is 0.337 e. The van der Waals surface area contributed by atoms with Crippen molar-refractivity contribution in [3.05, 3.63) is 44.9 Å². The Bertz CT molecular complexity index is 566. The molecule has 0 fully saturated rings. The third-order valence-corrected chi connectivity index (χ3v) is 3.23. The molecule has 18 heavy (non-hydrogen) atoms. The standard InChI is InChI=1S/C11H9Br2N3O2/c1-18-9(17)8-4-2-7(3-5-8)6-16-11(13)14-10(12)15-16/h2-5H,6H2,1H3. The summed E-state index contributed by atoms with van der Waals surface area (Å²) < 4.78 is 7.52. The first-order chi connectivity index (χ1) is 8.60. The Balaban J connectivity index is 2.16. The molecule has 0 saturated carbocycles. The van der Waals surface area contributed by atoms with Crippen molar-refractivity contribution in [1.29, 1.82) is 0 Å². The predicted molar refractivity (Wildman–Crippen MR) is 72.3 cm³/mol. The molecule has 94 valence electrons. The Morgan fingerprint density at radius 3 is 2.50 bits per heavy atom. The lowest BCUT2D eigenvalue weighted by molar-refractivity contribution is 0.0600. The molecule has 0 spiro atoms. The van der Waals surface area contributed by atoms with Gasteiger partial charge in [-0.1, -0.05) is 12.1 Å². The summed E-state index contributed by atoms with van der Waals surface area (Å²) in [5.74, 6) is -0.341. The van der Waals surface area contributed by atoms with Crippen LogP contribution in [0.25, 0.3) is 0 Å². The second kappa shape index (κ2) is 5.62. The normalized spacial score (nSPS) is 10.4. The highest BCUT2D eigenvalue weighted by molar-refractivity contribution is 9.11. The molecule has 2 rings (SSSR count). The van der Waals surface area contributed by atoms with E-state index >= 15 is 0 Å². The van der Waals surface area contributed by atoms with Crippen molar-refractivity contribution in [2.24, 2.45) is 0 Å². The number of benzene rings is 1. The van der Waals surface area contributed by atoms with Gasteiger partial charge in [-0.3, -0.25) is 0 Å². The van der Waals surface area contributed by atoms with Crippen LogP contribution >= 0.6 is 31.9 Å². The number of halogens is 2. The number of nitrogens with zero attached hydrogens (tertiary/aromatic N) is 3. The Labute approximate surface area is 120 Å². The van der Waals surface area contributed by atoms with Crippen LogP contribution in [-0.2, 0) is 11.3 Å². The molecule has 0 aliphatic rings. The predicted octanol–water partition coefficient (Wildman–Crippen LogP) is 2.64. The van der Waals surface area contributed by atoms with Gasteiger partial charge in [-0.15, -0.1) is 5.10 Å². The number of aromatic nitrogens is 3. The number of carbonyl (C=O) groups is 1. The van der Waals surface area contributed by atoms with Gasteiger partial charge in [0.1, 0.15) is 0 Å². The average molecular weight is 375 g/mol. The van der Waals surface area contributed by atoms with Crippen LogP contribution in [0.2, 0.25) is 0 Å². The van der Waals surface area contributed by atoms with Gasteiger partial charge in [-0.05, 0) is 49.6 Å². The summed E-state index contributed by atoms with van der Waals surface area (Å²) in [7, 11) is 1.36. The summed E-state index contributed by atoms with van der Waals surface area (Å²) in [6.07, 6.45) is 0. The monoisotopic (exact) mass is 373 g/mol. The smallest absolute Gasteiger partial charge is 0.337 e. The number of carbonyl (C=O) groups excluding carboxylic acids is 1. The van der Waals surface area contributed by atoms with E-state index in [1.807, 2.05) is 12.1 Å². The fourth-order valence-corrected chi connectivity index (χ4v) is 2.40. The summed E-state index contributed by atoms with van der Waals surface area (Å²) >= 11 is 6.51.